The number of carbonyl (C=O) groups is 1. The van der Waals surface area contributed by atoms with Crippen LogP contribution >= 0.6 is 0 Å². The van der Waals surface area contributed by atoms with Gasteiger partial charge in [0, 0.05) is 43.9 Å². The summed E-state index contributed by atoms with van der Waals surface area (Å²) in [5.41, 5.74) is 3.24. The molecule has 0 radical (unpaired) electrons. The van der Waals surface area contributed by atoms with Gasteiger partial charge in [-0.25, -0.2) is 0 Å². The lowest BCUT2D eigenvalue weighted by atomic mass is 9.81. The van der Waals surface area contributed by atoms with Gasteiger partial charge < -0.3 is 14.8 Å². The van der Waals surface area contributed by atoms with Crippen LogP contribution in [0.1, 0.15) is 30.9 Å². The molecule has 1 amide bonds. The van der Waals surface area contributed by atoms with Gasteiger partial charge in [-0.05, 0) is 48.9 Å². The highest BCUT2D eigenvalue weighted by Crippen LogP contribution is 2.37. The van der Waals surface area contributed by atoms with Crippen molar-refractivity contribution < 1.29 is 4.79 Å². The third-order valence-electron chi connectivity index (χ3n) is 6.62. The second-order valence-corrected chi connectivity index (χ2v) is 8.57. The number of rotatable bonds is 2. The zero-order chi connectivity index (χ0) is 19.1. The van der Waals surface area contributed by atoms with Gasteiger partial charge in [-0.3, -0.25) is 9.59 Å². The Bertz CT molecular complexity index is 931. The molecular formula is C23H27N3O2. The number of carbonyl (C=O) groups excluding carboxylic acids is 1. The molecule has 2 aromatic rings. The number of likely N-dealkylation sites (tertiary alicyclic amines) is 1. The van der Waals surface area contributed by atoms with E-state index >= 15 is 0 Å². The predicted molar refractivity (Wildman–Crippen MR) is 109 cm³/mol. The first-order valence-electron chi connectivity index (χ1n) is 10.5. The minimum Gasteiger partial charge on any atom is -0.341 e. The molecule has 2 bridgehead atoms. The summed E-state index contributed by atoms with van der Waals surface area (Å²) in [6.45, 7) is 4.08. The molecule has 0 saturated carbocycles. The largest absolute Gasteiger partial charge is 0.341 e. The Kier molecular flexibility index (Phi) is 4.55. The Balaban J connectivity index is 1.44. The second-order valence-electron chi connectivity index (χ2n) is 8.57. The molecule has 3 atom stereocenters. The maximum atomic E-state index is 13.1. The Morgan fingerprint density at radius 1 is 1.04 bits per heavy atom. The Morgan fingerprint density at radius 3 is 2.68 bits per heavy atom. The van der Waals surface area contributed by atoms with Gasteiger partial charge in [0.2, 0.25) is 5.91 Å². The van der Waals surface area contributed by atoms with Crippen molar-refractivity contribution in [2.75, 3.05) is 26.2 Å². The summed E-state index contributed by atoms with van der Waals surface area (Å²) < 4.78 is 1.95. The molecule has 0 spiro atoms. The second kappa shape index (κ2) is 7.21. The van der Waals surface area contributed by atoms with Crippen LogP contribution in [0.25, 0.3) is 11.1 Å². The summed E-state index contributed by atoms with van der Waals surface area (Å²) in [7, 11) is 0. The van der Waals surface area contributed by atoms with Crippen molar-refractivity contribution in [2.24, 2.45) is 11.8 Å². The number of nitrogens with one attached hydrogen (secondary N) is 1. The highest BCUT2D eigenvalue weighted by atomic mass is 16.2. The molecule has 3 aliphatic heterocycles. The van der Waals surface area contributed by atoms with Crippen LogP contribution in [-0.4, -0.2) is 41.6 Å². The van der Waals surface area contributed by atoms with E-state index in [1.807, 2.05) is 34.9 Å². The Hall–Kier alpha value is -2.40. The monoisotopic (exact) mass is 377 g/mol. The van der Waals surface area contributed by atoms with Gasteiger partial charge in [0.15, 0.2) is 0 Å². The topological polar surface area (TPSA) is 54.3 Å². The van der Waals surface area contributed by atoms with E-state index in [1.54, 1.807) is 6.07 Å². The summed E-state index contributed by atoms with van der Waals surface area (Å²) >= 11 is 0. The number of hydrogen-bond acceptors (Lipinski definition) is 3. The quantitative estimate of drug-likeness (QED) is 0.875. The molecule has 0 unspecified atom stereocenters. The summed E-state index contributed by atoms with van der Waals surface area (Å²) in [6.07, 6.45) is 3.14. The molecule has 1 N–H and O–H groups in total. The average molecular weight is 377 g/mol. The zero-order valence-electron chi connectivity index (χ0n) is 16.1. The first kappa shape index (κ1) is 17.7. The number of nitrogens with zero attached hydrogens (tertiary/aromatic N) is 2. The first-order chi connectivity index (χ1) is 13.7. The predicted octanol–water partition coefficient (Wildman–Crippen LogP) is 2.46. The minimum atomic E-state index is 0.0855. The molecule has 3 aliphatic rings. The van der Waals surface area contributed by atoms with Crippen molar-refractivity contribution in [1.29, 1.82) is 0 Å². The summed E-state index contributed by atoms with van der Waals surface area (Å²) in [5, 5.41) is 3.36. The molecule has 5 rings (SSSR count). The van der Waals surface area contributed by atoms with Crippen molar-refractivity contribution >= 4 is 5.91 Å². The lowest BCUT2D eigenvalue weighted by Gasteiger charge is -2.44. The standard InChI is InChI=1S/C23H27N3O2/c27-22-11-19(17-5-2-1-3-6-17)10-21-20-9-16(14-26(21)22)13-25(15-20)23(28)18-7-4-8-24-12-18/h1-3,5-6,10-11,16,18,20,24H,4,7-9,12-15H2/t16-,18+,20+/m0/s1. The lowest BCUT2D eigenvalue weighted by molar-refractivity contribution is -0.138. The molecule has 5 nitrogen and oxygen atoms in total. The van der Waals surface area contributed by atoms with Crippen molar-refractivity contribution in [3.63, 3.8) is 0 Å². The zero-order valence-corrected chi connectivity index (χ0v) is 16.1. The van der Waals surface area contributed by atoms with Crippen molar-refractivity contribution in [1.82, 2.24) is 14.8 Å². The van der Waals surface area contributed by atoms with Crippen LogP contribution < -0.4 is 10.9 Å². The summed E-state index contributed by atoms with van der Waals surface area (Å²) in [5.74, 6) is 1.05. The fourth-order valence-electron chi connectivity index (χ4n) is 5.26. The third-order valence-corrected chi connectivity index (χ3v) is 6.62. The van der Waals surface area contributed by atoms with Gasteiger partial charge in [-0.2, -0.15) is 0 Å². The highest BCUT2D eigenvalue weighted by molar-refractivity contribution is 5.79. The van der Waals surface area contributed by atoms with Gasteiger partial charge >= 0.3 is 0 Å². The van der Waals surface area contributed by atoms with Gasteiger partial charge in [0.05, 0.1) is 5.92 Å². The number of aromatic nitrogens is 1. The summed E-state index contributed by atoms with van der Waals surface area (Å²) in [6, 6.07) is 14.0. The first-order valence-corrected chi connectivity index (χ1v) is 10.5. The van der Waals surface area contributed by atoms with E-state index in [1.165, 1.54) is 0 Å². The molecule has 28 heavy (non-hydrogen) atoms. The maximum Gasteiger partial charge on any atom is 0.251 e. The number of pyridine rings is 1. The number of fused-ring (bicyclic) bond motifs is 4. The Labute approximate surface area is 165 Å². The molecule has 4 heterocycles. The van der Waals surface area contributed by atoms with Gasteiger partial charge in [-0.15, -0.1) is 0 Å². The fourth-order valence-corrected chi connectivity index (χ4v) is 5.26. The van der Waals surface area contributed by atoms with E-state index in [2.05, 4.69) is 16.3 Å². The molecular weight excluding hydrogens is 350 g/mol. The average Bonchev–Trinajstić information content (AvgIpc) is 2.75. The Morgan fingerprint density at radius 2 is 1.89 bits per heavy atom. The number of amides is 1. The van der Waals surface area contributed by atoms with E-state index in [0.29, 0.717) is 11.8 Å². The van der Waals surface area contributed by atoms with E-state index in [-0.39, 0.29) is 17.4 Å². The number of benzene rings is 1. The molecule has 2 saturated heterocycles. The molecule has 1 aromatic carbocycles. The maximum absolute atomic E-state index is 13.1. The van der Waals surface area contributed by atoms with Crippen LogP contribution in [0, 0.1) is 11.8 Å². The molecule has 146 valence electrons. The van der Waals surface area contributed by atoms with E-state index in [9.17, 15) is 9.59 Å². The SMILES string of the molecule is O=C([C@@H]1CCCNC1)N1C[C@@H]2C[C@H](C1)c1cc(-c3ccccc3)cc(=O)n1C2. The molecule has 5 heteroatoms. The minimum absolute atomic E-state index is 0.0855. The van der Waals surface area contributed by atoms with Crippen molar-refractivity contribution in [3.8, 4) is 11.1 Å². The third kappa shape index (κ3) is 3.18. The van der Waals surface area contributed by atoms with Crippen molar-refractivity contribution in [3.05, 3.63) is 58.5 Å². The van der Waals surface area contributed by atoms with E-state index in [0.717, 1.165) is 68.8 Å². The van der Waals surface area contributed by atoms with Gasteiger partial charge in [0.25, 0.3) is 5.56 Å². The molecule has 2 fully saturated rings. The fraction of sp³-hybridized carbons (Fsp3) is 0.478. The lowest BCUT2D eigenvalue weighted by Crippen LogP contribution is -2.52. The highest BCUT2D eigenvalue weighted by Gasteiger charge is 2.38. The molecule has 0 aliphatic carbocycles. The smallest absolute Gasteiger partial charge is 0.251 e. The van der Waals surface area contributed by atoms with E-state index in [4.69, 9.17) is 0 Å². The van der Waals surface area contributed by atoms with Crippen LogP contribution in [-0.2, 0) is 11.3 Å². The van der Waals surface area contributed by atoms with Crippen LogP contribution in [0.2, 0.25) is 0 Å². The summed E-state index contributed by atoms with van der Waals surface area (Å²) in [4.78, 5) is 28.0. The van der Waals surface area contributed by atoms with Gasteiger partial charge in [-0.1, -0.05) is 30.3 Å². The molecule has 1 aromatic heterocycles. The van der Waals surface area contributed by atoms with Crippen LogP contribution in [0.15, 0.2) is 47.3 Å². The normalized spacial score (nSPS) is 26.6. The van der Waals surface area contributed by atoms with E-state index < -0.39 is 0 Å². The van der Waals surface area contributed by atoms with Gasteiger partial charge in [0.1, 0.15) is 0 Å². The van der Waals surface area contributed by atoms with Crippen molar-refractivity contribution in [2.45, 2.75) is 31.7 Å². The van der Waals surface area contributed by atoms with Crippen LogP contribution in [0.3, 0.4) is 0 Å². The van der Waals surface area contributed by atoms with Crippen LogP contribution in [0.5, 0.6) is 0 Å². The van der Waals surface area contributed by atoms with Crippen LogP contribution in [0.4, 0.5) is 0 Å². The number of piperidine rings is 2. The number of hydrogen-bond donors (Lipinski definition) is 1.